The first-order chi connectivity index (χ1) is 14.9. The maximum Gasteiger partial charge on any atom is 0.326 e. The zero-order valence-electron chi connectivity index (χ0n) is 16.6. The molecule has 7 unspecified atom stereocenters. The van der Waals surface area contributed by atoms with Crippen molar-refractivity contribution in [3.63, 3.8) is 0 Å². The summed E-state index contributed by atoms with van der Waals surface area (Å²) in [7, 11) is 0. The monoisotopic (exact) mass is 456 g/mol. The number of H-pyrrole nitrogens is 1. The molecule has 6 rings (SSSR count). The number of hydrogen-bond acceptors (Lipinski definition) is 6. The number of aromatic nitrogens is 1. The van der Waals surface area contributed by atoms with Crippen molar-refractivity contribution in [2.45, 2.75) is 35.6 Å². The van der Waals surface area contributed by atoms with E-state index in [1.54, 1.807) is 11.8 Å². The molecule has 3 heterocycles. The van der Waals surface area contributed by atoms with Gasteiger partial charge >= 0.3 is 10.8 Å². The summed E-state index contributed by atoms with van der Waals surface area (Å²) in [5, 5.41) is 10.4. The Morgan fingerprint density at radius 2 is 1.81 bits per heavy atom. The van der Waals surface area contributed by atoms with Gasteiger partial charge in [-0.2, -0.15) is 0 Å². The number of carboxylic acids is 1. The van der Waals surface area contributed by atoms with Gasteiger partial charge in [0.05, 0.1) is 16.9 Å². The normalized spacial score (nSPS) is 36.3. The molecular weight excluding hydrogens is 436 g/mol. The van der Waals surface area contributed by atoms with E-state index < -0.39 is 23.8 Å². The molecule has 2 aliphatic heterocycles. The number of carbonyl (C=O) groups excluding carboxylic acids is 2. The average Bonchev–Trinajstić information content (AvgIpc) is 3.47. The molecule has 8 atom stereocenters. The van der Waals surface area contributed by atoms with E-state index in [0.717, 1.165) is 26.8 Å². The summed E-state index contributed by atoms with van der Waals surface area (Å²) in [6.45, 7) is 1.40. The number of fused-ring (bicyclic) bond motifs is 9. The van der Waals surface area contributed by atoms with Crippen molar-refractivity contribution in [3.8, 4) is 0 Å². The van der Waals surface area contributed by atoms with Crippen LogP contribution in [0.15, 0.2) is 40.2 Å². The fraction of sp³-hybridized carbons (Fsp3) is 0.455. The number of likely N-dealkylation sites (tertiary alicyclic amines) is 1. The third-order valence-electron chi connectivity index (χ3n) is 7.66. The minimum atomic E-state index is -1.16. The van der Waals surface area contributed by atoms with Gasteiger partial charge in [0.15, 0.2) is 0 Å². The summed E-state index contributed by atoms with van der Waals surface area (Å²) < 4.78 is 0. The van der Waals surface area contributed by atoms with Crippen molar-refractivity contribution in [2.24, 2.45) is 29.6 Å². The molecule has 1 aromatic carbocycles. The molecule has 7 nitrogen and oxygen atoms in total. The smallest absolute Gasteiger partial charge is 0.326 e. The first-order valence-corrected chi connectivity index (χ1v) is 12.1. The van der Waals surface area contributed by atoms with Crippen LogP contribution in [0.3, 0.4) is 0 Å². The van der Waals surface area contributed by atoms with Crippen LogP contribution in [0.2, 0.25) is 0 Å². The van der Waals surface area contributed by atoms with Crippen LogP contribution >= 0.6 is 23.1 Å². The van der Waals surface area contributed by atoms with E-state index in [9.17, 15) is 24.3 Å². The summed E-state index contributed by atoms with van der Waals surface area (Å²) in [6, 6.07) is 8.91. The van der Waals surface area contributed by atoms with E-state index in [0.29, 0.717) is 0 Å². The molecular formula is C22H20N2O5S2. The molecule has 2 bridgehead atoms. The fourth-order valence-corrected chi connectivity index (χ4v) is 9.45. The Labute approximate surface area is 185 Å². The van der Waals surface area contributed by atoms with Crippen molar-refractivity contribution in [1.29, 1.82) is 0 Å². The second-order valence-corrected chi connectivity index (χ2v) is 11.1. The van der Waals surface area contributed by atoms with Crippen LogP contribution in [0.1, 0.15) is 29.7 Å². The molecule has 2 amide bonds. The Morgan fingerprint density at radius 3 is 2.48 bits per heavy atom. The van der Waals surface area contributed by atoms with Crippen molar-refractivity contribution >= 4 is 40.9 Å². The van der Waals surface area contributed by atoms with Crippen LogP contribution < -0.4 is 4.87 Å². The molecule has 0 spiro atoms. The number of imide groups is 1. The highest BCUT2D eigenvalue weighted by Crippen LogP contribution is 2.68. The minimum absolute atomic E-state index is 0.00352. The lowest BCUT2D eigenvalue weighted by Gasteiger charge is -2.43. The summed E-state index contributed by atoms with van der Waals surface area (Å²) in [5.74, 6) is -2.59. The van der Waals surface area contributed by atoms with Crippen molar-refractivity contribution in [2.75, 3.05) is 0 Å². The lowest BCUT2D eigenvalue weighted by Crippen LogP contribution is -2.44. The zero-order valence-corrected chi connectivity index (χ0v) is 18.2. The number of nitrogens with zero attached hydrogens (tertiary/aromatic N) is 1. The lowest BCUT2D eigenvalue weighted by molar-refractivity contribution is -0.154. The molecule has 2 aliphatic carbocycles. The molecule has 160 valence electrons. The quantitative estimate of drug-likeness (QED) is 0.687. The van der Waals surface area contributed by atoms with E-state index in [-0.39, 0.29) is 45.6 Å². The van der Waals surface area contributed by atoms with Gasteiger partial charge in [0.1, 0.15) is 6.04 Å². The number of benzene rings is 1. The Balaban J connectivity index is 1.46. The van der Waals surface area contributed by atoms with Crippen LogP contribution in [-0.4, -0.2) is 44.1 Å². The molecule has 9 heteroatoms. The number of nitrogens with one attached hydrogen (secondary N) is 1. The molecule has 3 fully saturated rings. The standard InChI is InChI=1S/C22H20N2O5S2/c1-8(21(27)28)24-19(25)14-10-7-11(15(14)20(24)26)16-13(10)12(9-5-3-2-4-6-9)17-18(30-16)23-22(29)31-17/h2-6,8,10-16H,7H2,1H3,(H,23,29)(H,27,28)/t8?,10?,11?,12-,13?,14?,15?,16?/m1/s1. The van der Waals surface area contributed by atoms with Crippen molar-refractivity contribution in [1.82, 2.24) is 9.88 Å². The SMILES string of the molecule is CC(C(=O)O)N1C(=O)C2C3CC(C2C1=O)C1C3Sc2[nH]c(=O)sc2[C@@H]1c1ccccc1. The number of rotatable bonds is 3. The van der Waals surface area contributed by atoms with E-state index in [1.165, 1.54) is 18.3 Å². The predicted molar refractivity (Wildman–Crippen MR) is 114 cm³/mol. The maximum atomic E-state index is 13.3. The Kier molecular flexibility index (Phi) is 4.08. The van der Waals surface area contributed by atoms with Crippen LogP contribution in [0.4, 0.5) is 0 Å². The Bertz CT molecular complexity index is 1170. The van der Waals surface area contributed by atoms with Crippen molar-refractivity contribution in [3.05, 3.63) is 50.4 Å². The average molecular weight is 457 g/mol. The van der Waals surface area contributed by atoms with Gasteiger partial charge in [0.25, 0.3) is 0 Å². The Hall–Kier alpha value is -2.39. The summed E-state index contributed by atoms with van der Waals surface area (Å²) >= 11 is 2.87. The summed E-state index contributed by atoms with van der Waals surface area (Å²) in [5.41, 5.74) is 1.12. The largest absolute Gasteiger partial charge is 0.480 e. The molecule has 2 aromatic rings. The summed E-state index contributed by atoms with van der Waals surface area (Å²) in [6.07, 6.45) is 0.799. The Morgan fingerprint density at radius 1 is 1.13 bits per heavy atom. The van der Waals surface area contributed by atoms with Gasteiger partial charge in [-0.15, -0.1) is 11.8 Å². The summed E-state index contributed by atoms with van der Waals surface area (Å²) in [4.78, 5) is 55.1. The van der Waals surface area contributed by atoms with Gasteiger partial charge < -0.3 is 10.1 Å². The highest BCUT2D eigenvalue weighted by molar-refractivity contribution is 8.00. The van der Waals surface area contributed by atoms with Gasteiger partial charge in [-0.25, -0.2) is 4.79 Å². The molecule has 1 saturated heterocycles. The zero-order chi connectivity index (χ0) is 21.6. The number of aromatic amines is 1. The fourth-order valence-electron chi connectivity index (χ4n) is 6.57. The predicted octanol–water partition coefficient (Wildman–Crippen LogP) is 2.38. The number of aliphatic carboxylic acids is 1. The van der Waals surface area contributed by atoms with Gasteiger partial charge in [0, 0.05) is 16.0 Å². The molecule has 2 N–H and O–H groups in total. The molecule has 2 saturated carbocycles. The molecule has 0 radical (unpaired) electrons. The number of hydrogen-bond donors (Lipinski definition) is 2. The second-order valence-electron chi connectivity index (χ2n) is 8.93. The van der Waals surface area contributed by atoms with E-state index in [2.05, 4.69) is 17.1 Å². The number of carbonyl (C=O) groups is 3. The highest BCUT2D eigenvalue weighted by Gasteiger charge is 2.70. The van der Waals surface area contributed by atoms with Crippen LogP contribution in [-0.2, 0) is 14.4 Å². The topological polar surface area (TPSA) is 108 Å². The number of amides is 2. The maximum absolute atomic E-state index is 13.3. The molecule has 31 heavy (non-hydrogen) atoms. The minimum Gasteiger partial charge on any atom is -0.480 e. The van der Waals surface area contributed by atoms with Crippen LogP contribution in [0.5, 0.6) is 0 Å². The van der Waals surface area contributed by atoms with E-state index in [1.807, 2.05) is 18.2 Å². The van der Waals surface area contributed by atoms with Gasteiger partial charge in [0.2, 0.25) is 11.8 Å². The van der Waals surface area contributed by atoms with Crippen molar-refractivity contribution < 1.29 is 19.5 Å². The van der Waals surface area contributed by atoms with Crippen LogP contribution in [0, 0.1) is 29.6 Å². The first-order valence-electron chi connectivity index (χ1n) is 10.4. The van der Waals surface area contributed by atoms with Gasteiger partial charge in [-0.3, -0.25) is 19.3 Å². The number of carboxylic acid groups (broad SMARTS) is 1. The molecule has 4 aliphatic rings. The third-order valence-corrected chi connectivity index (χ3v) is 10.2. The van der Waals surface area contributed by atoms with Gasteiger partial charge in [-0.1, -0.05) is 41.7 Å². The lowest BCUT2D eigenvalue weighted by atomic mass is 9.68. The molecule has 1 aromatic heterocycles. The van der Waals surface area contributed by atoms with Gasteiger partial charge in [-0.05, 0) is 36.7 Å². The second kappa shape index (κ2) is 6.56. The third kappa shape index (κ3) is 2.47. The first kappa shape index (κ1) is 19.3. The highest BCUT2D eigenvalue weighted by atomic mass is 32.2. The van der Waals surface area contributed by atoms with E-state index >= 15 is 0 Å². The number of thioether (sulfide) groups is 1. The van der Waals surface area contributed by atoms with Crippen LogP contribution in [0.25, 0.3) is 0 Å². The number of thiazole rings is 1. The van der Waals surface area contributed by atoms with E-state index in [4.69, 9.17) is 0 Å².